The van der Waals surface area contributed by atoms with E-state index in [1.807, 2.05) is 55.1 Å². The molecule has 2 bridgehead atoms. The van der Waals surface area contributed by atoms with Gasteiger partial charge >= 0.3 is 4.87 Å². The van der Waals surface area contributed by atoms with Crippen LogP contribution >= 0.6 is 34.7 Å². The molecule has 2 aromatic carbocycles. The van der Waals surface area contributed by atoms with Crippen LogP contribution in [0.3, 0.4) is 0 Å². The summed E-state index contributed by atoms with van der Waals surface area (Å²) in [4.78, 5) is 27.2. The Morgan fingerprint density at radius 3 is 2.67 bits per heavy atom. The number of hydrogen-bond acceptors (Lipinski definition) is 4. The molecule has 1 aliphatic heterocycles. The maximum absolute atomic E-state index is 13.2. The van der Waals surface area contributed by atoms with Crippen LogP contribution in [0.2, 0.25) is 5.02 Å². The molecule has 7 heteroatoms. The van der Waals surface area contributed by atoms with Crippen molar-refractivity contribution in [1.82, 2.24) is 4.57 Å². The predicted molar refractivity (Wildman–Crippen MR) is 136 cm³/mol. The molecule has 3 aromatic rings. The van der Waals surface area contributed by atoms with E-state index in [0.717, 1.165) is 32.1 Å². The summed E-state index contributed by atoms with van der Waals surface area (Å²) in [6, 6.07) is 15.9. The topological polar surface area (TPSA) is 51.1 Å². The molecule has 0 spiro atoms. The fourth-order valence-electron chi connectivity index (χ4n) is 6.18. The summed E-state index contributed by atoms with van der Waals surface area (Å²) in [6.07, 6.45) is 3.86. The average molecular weight is 497 g/mol. The van der Waals surface area contributed by atoms with Crippen LogP contribution in [0.5, 0.6) is 0 Å². The molecule has 0 saturated heterocycles. The van der Waals surface area contributed by atoms with Crippen LogP contribution in [0.4, 0.5) is 5.69 Å². The first-order valence-corrected chi connectivity index (χ1v) is 13.6. The van der Waals surface area contributed by atoms with Gasteiger partial charge in [-0.2, -0.15) is 0 Å². The summed E-state index contributed by atoms with van der Waals surface area (Å²) >= 11 is 9.37. The van der Waals surface area contributed by atoms with Crippen LogP contribution in [0.25, 0.3) is 0 Å². The number of rotatable bonds is 4. The van der Waals surface area contributed by atoms with Gasteiger partial charge in [-0.1, -0.05) is 53.3 Å². The highest BCUT2D eigenvalue weighted by molar-refractivity contribution is 8.00. The second-order valence-corrected chi connectivity index (χ2v) is 12.1. The lowest BCUT2D eigenvalue weighted by Crippen LogP contribution is -2.34. The van der Waals surface area contributed by atoms with Crippen molar-refractivity contribution >= 4 is 46.3 Å². The minimum Gasteiger partial charge on any atom is -0.324 e. The molecule has 2 heterocycles. The molecule has 2 aliphatic carbocycles. The van der Waals surface area contributed by atoms with Crippen molar-refractivity contribution in [3.63, 3.8) is 0 Å². The first-order chi connectivity index (χ1) is 16.0. The van der Waals surface area contributed by atoms with E-state index in [1.54, 1.807) is 4.57 Å². The normalized spacial score (nSPS) is 27.3. The van der Waals surface area contributed by atoms with E-state index in [-0.39, 0.29) is 23.2 Å². The number of anilines is 1. The second kappa shape index (κ2) is 8.33. The minimum atomic E-state index is -0.161. The van der Waals surface area contributed by atoms with Gasteiger partial charge in [0, 0.05) is 26.8 Å². The predicted octanol–water partition coefficient (Wildman–Crippen LogP) is 6.16. The lowest BCUT2D eigenvalue weighted by atomic mass is 9.75. The Morgan fingerprint density at radius 1 is 1.12 bits per heavy atom. The molecule has 1 aromatic heterocycles. The zero-order valence-corrected chi connectivity index (χ0v) is 20.7. The number of benzene rings is 2. The van der Waals surface area contributed by atoms with E-state index < -0.39 is 0 Å². The average Bonchev–Trinajstić information content (AvgIpc) is 3.49. The van der Waals surface area contributed by atoms with Crippen molar-refractivity contribution in [3.8, 4) is 0 Å². The summed E-state index contributed by atoms with van der Waals surface area (Å²) < 4.78 is 1.71. The van der Waals surface area contributed by atoms with Gasteiger partial charge in [0.2, 0.25) is 5.91 Å². The summed E-state index contributed by atoms with van der Waals surface area (Å²) in [5.74, 6) is 2.02. The number of carbonyl (C=O) groups is 1. The van der Waals surface area contributed by atoms with Crippen molar-refractivity contribution in [3.05, 3.63) is 79.2 Å². The van der Waals surface area contributed by atoms with Crippen molar-refractivity contribution in [2.75, 3.05) is 5.32 Å². The highest BCUT2D eigenvalue weighted by Crippen LogP contribution is 2.64. The van der Waals surface area contributed by atoms with E-state index in [0.29, 0.717) is 17.1 Å². The van der Waals surface area contributed by atoms with Gasteiger partial charge in [0.25, 0.3) is 0 Å². The van der Waals surface area contributed by atoms with Gasteiger partial charge in [-0.15, -0.1) is 11.8 Å². The van der Waals surface area contributed by atoms with Crippen LogP contribution < -0.4 is 10.2 Å². The van der Waals surface area contributed by atoms with E-state index in [9.17, 15) is 9.59 Å². The lowest BCUT2D eigenvalue weighted by molar-refractivity contribution is -0.116. The Kier molecular flexibility index (Phi) is 5.43. The largest absolute Gasteiger partial charge is 0.324 e. The number of hydrogen-bond donors (Lipinski definition) is 1. The molecule has 1 amide bonds. The van der Waals surface area contributed by atoms with E-state index in [2.05, 4.69) is 17.4 Å². The maximum Gasteiger partial charge on any atom is 0.308 e. The molecular weight excluding hydrogens is 472 g/mol. The molecule has 6 rings (SSSR count). The number of aromatic nitrogens is 1. The standard InChI is InChI=1S/C26H25ClN2O2S2/c1-14-4-2-3-5-19(14)28-20(30)13-29-25-24(33-26(29)31)21(15-8-10-18(27)11-9-15)22-16-6-7-17(12-16)23(22)32-25/h2-5,8-11,16-17,21-23H,6-7,12-13H2,1H3,(H,28,30)/t16-,17+,21-,22+,23+/m0/s1. The summed E-state index contributed by atoms with van der Waals surface area (Å²) in [5.41, 5.74) is 3.04. The first-order valence-electron chi connectivity index (χ1n) is 11.5. The zero-order chi connectivity index (χ0) is 22.7. The third kappa shape index (κ3) is 3.67. The van der Waals surface area contributed by atoms with Crippen LogP contribution in [0.1, 0.15) is 41.2 Å². The summed E-state index contributed by atoms with van der Waals surface area (Å²) in [5, 5.41) is 5.23. The number of thioether (sulfide) groups is 1. The van der Waals surface area contributed by atoms with Crippen molar-refractivity contribution in [1.29, 1.82) is 0 Å². The molecule has 1 N–H and O–H groups in total. The van der Waals surface area contributed by atoms with E-state index in [1.165, 1.54) is 36.2 Å². The molecule has 170 valence electrons. The van der Waals surface area contributed by atoms with E-state index in [4.69, 9.17) is 11.6 Å². The summed E-state index contributed by atoms with van der Waals surface area (Å²) in [7, 11) is 0. The van der Waals surface area contributed by atoms with Gasteiger partial charge in [0.1, 0.15) is 6.54 Å². The third-order valence-corrected chi connectivity index (χ3v) is 10.7. The molecule has 5 atom stereocenters. The molecule has 33 heavy (non-hydrogen) atoms. The van der Waals surface area contributed by atoms with Crippen molar-refractivity contribution in [2.45, 2.75) is 48.9 Å². The number of nitrogens with one attached hydrogen (secondary N) is 1. The number of carbonyl (C=O) groups excluding carboxylic acids is 1. The third-order valence-electron chi connectivity index (χ3n) is 7.64. The zero-order valence-electron chi connectivity index (χ0n) is 18.3. The Morgan fingerprint density at radius 2 is 1.88 bits per heavy atom. The number of thiazole rings is 1. The lowest BCUT2D eigenvalue weighted by Gasteiger charge is -2.40. The number of fused-ring (bicyclic) bond motifs is 6. The van der Waals surface area contributed by atoms with Gasteiger partial charge < -0.3 is 5.32 Å². The Balaban J connectivity index is 1.37. The molecule has 3 aliphatic rings. The number of nitrogens with zero attached hydrogens (tertiary/aromatic N) is 1. The Hall–Kier alpha value is -2.02. The van der Waals surface area contributed by atoms with Gasteiger partial charge in [0.05, 0.1) is 5.03 Å². The van der Waals surface area contributed by atoms with Gasteiger partial charge in [0.15, 0.2) is 0 Å². The monoisotopic (exact) mass is 496 g/mol. The van der Waals surface area contributed by atoms with Crippen LogP contribution in [0.15, 0.2) is 58.4 Å². The second-order valence-electron chi connectivity index (χ2n) is 9.51. The molecule has 2 fully saturated rings. The van der Waals surface area contributed by atoms with E-state index >= 15 is 0 Å². The highest BCUT2D eigenvalue weighted by atomic mass is 35.5. The Bertz CT molecular complexity index is 1280. The summed E-state index contributed by atoms with van der Waals surface area (Å²) in [6.45, 7) is 2.01. The van der Waals surface area contributed by atoms with Gasteiger partial charge in [-0.3, -0.25) is 14.2 Å². The smallest absolute Gasteiger partial charge is 0.308 e. The molecule has 0 radical (unpaired) electrons. The first kappa shape index (κ1) is 21.5. The molecule has 2 saturated carbocycles. The number of amides is 1. The fraction of sp³-hybridized carbons (Fsp3) is 0.385. The molecule has 0 unspecified atom stereocenters. The van der Waals surface area contributed by atoms with Gasteiger partial charge in [-0.25, -0.2) is 0 Å². The quantitative estimate of drug-likeness (QED) is 0.470. The highest BCUT2D eigenvalue weighted by Gasteiger charge is 2.55. The maximum atomic E-state index is 13.2. The Labute approximate surface area is 206 Å². The van der Waals surface area contributed by atoms with Crippen molar-refractivity contribution < 1.29 is 4.79 Å². The number of aryl methyl sites for hydroxylation is 1. The van der Waals surface area contributed by atoms with Crippen LogP contribution in [-0.2, 0) is 11.3 Å². The van der Waals surface area contributed by atoms with Crippen molar-refractivity contribution in [2.24, 2.45) is 17.8 Å². The van der Waals surface area contributed by atoms with Crippen LogP contribution in [0, 0.1) is 24.7 Å². The fourth-order valence-corrected chi connectivity index (χ4v) is 9.45. The minimum absolute atomic E-state index is 0.0429. The molecule has 4 nitrogen and oxygen atoms in total. The molecular formula is C26H25ClN2O2S2. The van der Waals surface area contributed by atoms with Gasteiger partial charge in [-0.05, 0) is 73.3 Å². The van der Waals surface area contributed by atoms with Crippen LogP contribution in [-0.4, -0.2) is 15.7 Å². The number of halogens is 1. The SMILES string of the molecule is Cc1ccccc1NC(=O)Cn1c2c(sc1=O)[C@@H](c1ccc(Cl)cc1)[C@H]1[C@H]3CC[C@H](C3)[C@H]1S2. The number of para-hydroxylation sites is 1.